The van der Waals surface area contributed by atoms with E-state index in [4.69, 9.17) is 5.73 Å². The maximum atomic E-state index is 13.2. The van der Waals surface area contributed by atoms with E-state index in [1.807, 2.05) is 6.07 Å². The molecule has 2 N–H and O–H groups in total. The molecule has 0 radical (unpaired) electrons. The van der Waals surface area contributed by atoms with Gasteiger partial charge in [0, 0.05) is 36.7 Å². The zero-order chi connectivity index (χ0) is 13.5. The second-order valence-corrected chi connectivity index (χ2v) is 5.96. The van der Waals surface area contributed by atoms with Crippen LogP contribution in [0.3, 0.4) is 0 Å². The molecule has 1 saturated carbocycles. The second kappa shape index (κ2) is 4.82. The molecule has 1 aromatic rings. The molecule has 2 unspecified atom stereocenters. The maximum absolute atomic E-state index is 13.2. The van der Waals surface area contributed by atoms with Gasteiger partial charge in [0.15, 0.2) is 0 Å². The van der Waals surface area contributed by atoms with Crippen molar-refractivity contribution in [1.29, 1.82) is 0 Å². The third kappa shape index (κ3) is 2.50. The van der Waals surface area contributed by atoms with Gasteiger partial charge >= 0.3 is 0 Å². The van der Waals surface area contributed by atoms with Crippen molar-refractivity contribution in [2.45, 2.75) is 56.4 Å². The maximum Gasteiger partial charge on any atom is 0.248 e. The average Bonchev–Trinajstić information content (AvgIpc) is 2.82. The summed E-state index contributed by atoms with van der Waals surface area (Å²) in [6.45, 7) is 0. The highest BCUT2D eigenvalue weighted by molar-refractivity contribution is 5.30. The first-order valence-corrected chi connectivity index (χ1v) is 7.14. The van der Waals surface area contributed by atoms with Crippen LogP contribution >= 0.6 is 0 Å². The molecule has 0 bridgehead atoms. The summed E-state index contributed by atoms with van der Waals surface area (Å²) in [5.41, 5.74) is 8.76. The standard InChI is InChI=1S/C15H20F2N2/c16-15(17)7-5-10(6-8-15)13(18)12-4-3-11-2-1-9-19-14(11)12/h1-2,9-10,12-13H,3-8,18H2. The topological polar surface area (TPSA) is 38.9 Å². The molecule has 0 amide bonds. The number of hydrogen-bond acceptors (Lipinski definition) is 2. The Morgan fingerprint density at radius 1 is 1.26 bits per heavy atom. The number of aryl methyl sites for hydroxylation is 1. The summed E-state index contributed by atoms with van der Waals surface area (Å²) in [7, 11) is 0. The van der Waals surface area contributed by atoms with Crippen molar-refractivity contribution in [3.05, 3.63) is 29.6 Å². The smallest absolute Gasteiger partial charge is 0.248 e. The Balaban J connectivity index is 1.71. The molecule has 4 heteroatoms. The van der Waals surface area contributed by atoms with E-state index in [9.17, 15) is 8.78 Å². The van der Waals surface area contributed by atoms with Crippen LogP contribution in [0.5, 0.6) is 0 Å². The van der Waals surface area contributed by atoms with Gasteiger partial charge in [0.2, 0.25) is 5.92 Å². The van der Waals surface area contributed by atoms with Gasteiger partial charge in [-0.1, -0.05) is 6.07 Å². The number of pyridine rings is 1. The number of nitrogens with two attached hydrogens (primary N) is 1. The molecule has 1 fully saturated rings. The number of rotatable bonds is 2. The fraction of sp³-hybridized carbons (Fsp3) is 0.667. The van der Waals surface area contributed by atoms with Crippen LogP contribution in [0.4, 0.5) is 8.78 Å². The van der Waals surface area contributed by atoms with Gasteiger partial charge in [-0.15, -0.1) is 0 Å². The molecule has 2 aliphatic rings. The lowest BCUT2D eigenvalue weighted by Crippen LogP contribution is -2.39. The first-order chi connectivity index (χ1) is 9.07. The van der Waals surface area contributed by atoms with Crippen molar-refractivity contribution < 1.29 is 8.78 Å². The quantitative estimate of drug-likeness (QED) is 0.892. The Morgan fingerprint density at radius 3 is 2.74 bits per heavy atom. The van der Waals surface area contributed by atoms with Gasteiger partial charge < -0.3 is 5.73 Å². The molecule has 2 atom stereocenters. The van der Waals surface area contributed by atoms with Gasteiger partial charge in [-0.25, -0.2) is 8.78 Å². The molecular weight excluding hydrogens is 246 g/mol. The highest BCUT2D eigenvalue weighted by Gasteiger charge is 2.40. The predicted molar refractivity (Wildman–Crippen MR) is 70.2 cm³/mol. The molecule has 0 saturated heterocycles. The van der Waals surface area contributed by atoms with E-state index in [0.717, 1.165) is 18.5 Å². The van der Waals surface area contributed by atoms with Crippen LogP contribution in [0.2, 0.25) is 0 Å². The van der Waals surface area contributed by atoms with E-state index < -0.39 is 5.92 Å². The van der Waals surface area contributed by atoms with Crippen LogP contribution in [-0.2, 0) is 6.42 Å². The van der Waals surface area contributed by atoms with Crippen molar-refractivity contribution in [2.75, 3.05) is 0 Å². The van der Waals surface area contributed by atoms with Gasteiger partial charge in [0.05, 0.1) is 0 Å². The molecule has 0 aliphatic heterocycles. The molecule has 1 aromatic heterocycles. The van der Waals surface area contributed by atoms with E-state index in [-0.39, 0.29) is 30.7 Å². The van der Waals surface area contributed by atoms with Gasteiger partial charge in [-0.05, 0) is 43.2 Å². The van der Waals surface area contributed by atoms with Crippen LogP contribution in [0, 0.1) is 5.92 Å². The number of fused-ring (bicyclic) bond motifs is 1. The van der Waals surface area contributed by atoms with E-state index >= 15 is 0 Å². The monoisotopic (exact) mass is 266 g/mol. The van der Waals surface area contributed by atoms with Crippen LogP contribution in [0.25, 0.3) is 0 Å². The van der Waals surface area contributed by atoms with Crippen molar-refractivity contribution in [3.63, 3.8) is 0 Å². The Hall–Kier alpha value is -1.03. The minimum absolute atomic E-state index is 0.00678. The van der Waals surface area contributed by atoms with E-state index in [1.54, 1.807) is 6.20 Å². The number of hydrogen-bond donors (Lipinski definition) is 1. The van der Waals surface area contributed by atoms with Crippen LogP contribution in [-0.4, -0.2) is 16.9 Å². The summed E-state index contributed by atoms with van der Waals surface area (Å²) in [5, 5.41) is 0. The largest absolute Gasteiger partial charge is 0.327 e. The van der Waals surface area contributed by atoms with Crippen molar-refractivity contribution >= 4 is 0 Å². The zero-order valence-corrected chi connectivity index (χ0v) is 11.0. The van der Waals surface area contributed by atoms with E-state index in [2.05, 4.69) is 11.1 Å². The van der Waals surface area contributed by atoms with Gasteiger partial charge in [-0.2, -0.15) is 0 Å². The van der Waals surface area contributed by atoms with Crippen molar-refractivity contribution in [3.8, 4) is 0 Å². The number of aromatic nitrogens is 1. The minimum Gasteiger partial charge on any atom is -0.327 e. The molecule has 1 heterocycles. The molecule has 0 spiro atoms. The Labute approximate surface area is 112 Å². The first kappa shape index (κ1) is 13.0. The summed E-state index contributed by atoms with van der Waals surface area (Å²) >= 11 is 0. The summed E-state index contributed by atoms with van der Waals surface area (Å²) in [6, 6.07) is 4.03. The molecule has 19 heavy (non-hydrogen) atoms. The van der Waals surface area contributed by atoms with Gasteiger partial charge in [0.1, 0.15) is 0 Å². The number of halogens is 2. The third-order valence-electron chi connectivity index (χ3n) is 4.77. The van der Waals surface area contributed by atoms with Gasteiger partial charge in [0.25, 0.3) is 0 Å². The highest BCUT2D eigenvalue weighted by atomic mass is 19.3. The Morgan fingerprint density at radius 2 is 2.00 bits per heavy atom. The Kier molecular flexibility index (Phi) is 3.29. The number of alkyl halides is 2. The van der Waals surface area contributed by atoms with Crippen LogP contribution < -0.4 is 5.73 Å². The van der Waals surface area contributed by atoms with Crippen molar-refractivity contribution in [2.24, 2.45) is 11.7 Å². The lowest BCUT2D eigenvalue weighted by molar-refractivity contribution is -0.0491. The molecular formula is C15H20F2N2. The molecule has 2 nitrogen and oxygen atoms in total. The summed E-state index contributed by atoms with van der Waals surface area (Å²) < 4.78 is 26.4. The van der Waals surface area contributed by atoms with E-state index in [1.165, 1.54) is 5.56 Å². The number of nitrogens with zero attached hydrogens (tertiary/aromatic N) is 1. The molecule has 0 aromatic carbocycles. The van der Waals surface area contributed by atoms with Crippen LogP contribution in [0.15, 0.2) is 18.3 Å². The third-order valence-corrected chi connectivity index (χ3v) is 4.77. The van der Waals surface area contributed by atoms with Crippen molar-refractivity contribution in [1.82, 2.24) is 4.98 Å². The van der Waals surface area contributed by atoms with Gasteiger partial charge in [-0.3, -0.25) is 4.98 Å². The minimum atomic E-state index is -2.47. The fourth-order valence-corrected chi connectivity index (χ4v) is 3.59. The lowest BCUT2D eigenvalue weighted by Gasteiger charge is -2.34. The second-order valence-electron chi connectivity index (χ2n) is 5.96. The predicted octanol–water partition coefficient (Wildman–Crippen LogP) is 3.26. The molecule has 3 rings (SSSR count). The summed E-state index contributed by atoms with van der Waals surface area (Å²) in [6.07, 6.45) is 4.92. The molecule has 104 valence electrons. The molecule has 2 aliphatic carbocycles. The Bertz CT molecular complexity index is 451. The SMILES string of the molecule is NC(C1CCC(F)(F)CC1)C1CCc2cccnc21. The fourth-order valence-electron chi connectivity index (χ4n) is 3.59. The first-order valence-electron chi connectivity index (χ1n) is 7.14. The lowest BCUT2D eigenvalue weighted by atomic mass is 9.77. The zero-order valence-electron chi connectivity index (χ0n) is 11.0. The van der Waals surface area contributed by atoms with E-state index in [0.29, 0.717) is 12.8 Å². The average molecular weight is 266 g/mol. The van der Waals surface area contributed by atoms with Crippen LogP contribution in [0.1, 0.15) is 49.3 Å². The normalized spacial score (nSPS) is 28.1. The summed E-state index contributed by atoms with van der Waals surface area (Å²) in [4.78, 5) is 4.46. The summed E-state index contributed by atoms with van der Waals surface area (Å²) in [5.74, 6) is -1.99. The highest BCUT2D eigenvalue weighted by Crippen LogP contribution is 2.42.